The molecule has 0 spiro atoms. The Kier molecular flexibility index (Phi) is 9.43. The maximum atomic E-state index is 5.35. The Labute approximate surface area is 393 Å². The molecular weight excluding hydrogens is 827 g/mol. The first-order chi connectivity index (χ1) is 33.7. The lowest BCUT2D eigenvalue weighted by Gasteiger charge is -2.17. The van der Waals surface area contributed by atoms with Crippen molar-refractivity contribution in [2.24, 2.45) is 0 Å². The van der Waals surface area contributed by atoms with E-state index in [4.69, 9.17) is 15.0 Å². The molecule has 0 aliphatic heterocycles. The molecule has 3 heterocycles. The summed E-state index contributed by atoms with van der Waals surface area (Å²) in [6.07, 6.45) is 0. The van der Waals surface area contributed by atoms with Crippen LogP contribution in [0.4, 0.5) is 0 Å². The monoisotopic (exact) mass is 867 g/mol. The van der Waals surface area contributed by atoms with Crippen LogP contribution in [0.5, 0.6) is 0 Å². The van der Waals surface area contributed by atoms with Crippen LogP contribution in [0.3, 0.4) is 0 Å². The predicted octanol–water partition coefficient (Wildman–Crippen LogP) is 16.1. The molecule has 0 bridgehead atoms. The Morgan fingerprint density at radius 3 is 1.25 bits per heavy atom. The third-order valence-corrected chi connectivity index (χ3v) is 13.2. The molecule has 0 atom stereocenters. The number of para-hydroxylation sites is 2. The fourth-order valence-electron chi connectivity index (χ4n) is 10.0. The lowest BCUT2D eigenvalue weighted by atomic mass is 9.91. The summed E-state index contributed by atoms with van der Waals surface area (Å²) in [6, 6.07) is 88.5. The highest BCUT2D eigenvalue weighted by Gasteiger charge is 2.24. The molecule has 0 radical (unpaired) electrons. The molecule has 13 aromatic rings. The van der Waals surface area contributed by atoms with Crippen LogP contribution in [0.25, 0.3) is 123 Å². The van der Waals surface area contributed by atoms with Gasteiger partial charge in [0.15, 0.2) is 11.6 Å². The zero-order valence-corrected chi connectivity index (χ0v) is 36.9. The minimum atomic E-state index is 0.553. The molecule has 0 aliphatic carbocycles. The van der Waals surface area contributed by atoms with Gasteiger partial charge in [-0.25, -0.2) is 4.98 Å². The van der Waals surface area contributed by atoms with Gasteiger partial charge in [-0.3, -0.25) is 4.57 Å². The summed E-state index contributed by atoms with van der Waals surface area (Å²) in [6.45, 7) is 0. The van der Waals surface area contributed by atoms with Crippen LogP contribution >= 0.6 is 0 Å². The smallest absolute Gasteiger partial charge is 0.238 e. The zero-order chi connectivity index (χ0) is 45.0. The van der Waals surface area contributed by atoms with Gasteiger partial charge in [-0.15, -0.1) is 0 Å². The highest BCUT2D eigenvalue weighted by atomic mass is 15.2. The van der Waals surface area contributed by atoms with Crippen LogP contribution in [-0.4, -0.2) is 24.1 Å². The summed E-state index contributed by atoms with van der Waals surface area (Å²) in [5.41, 5.74) is 16.3. The second-order valence-electron chi connectivity index (χ2n) is 17.2. The summed E-state index contributed by atoms with van der Waals surface area (Å²) in [5.74, 6) is 1.78. The van der Waals surface area contributed by atoms with E-state index in [0.717, 1.165) is 82.7 Å². The third-order valence-electron chi connectivity index (χ3n) is 13.2. The molecule has 0 fully saturated rings. The first-order valence-electron chi connectivity index (χ1n) is 23.0. The van der Waals surface area contributed by atoms with E-state index in [-0.39, 0.29) is 0 Å². The number of nitrogens with zero attached hydrogens (tertiary/aromatic N) is 5. The van der Waals surface area contributed by atoms with Gasteiger partial charge in [0.05, 0.1) is 22.1 Å². The van der Waals surface area contributed by atoms with E-state index in [0.29, 0.717) is 17.6 Å². The van der Waals surface area contributed by atoms with Gasteiger partial charge in [-0.05, 0) is 80.9 Å². The third kappa shape index (κ3) is 6.68. The Morgan fingerprint density at radius 1 is 0.250 bits per heavy atom. The minimum Gasteiger partial charge on any atom is -0.307 e. The van der Waals surface area contributed by atoms with Crippen LogP contribution in [0.15, 0.2) is 249 Å². The number of rotatable bonds is 8. The van der Waals surface area contributed by atoms with Crippen LogP contribution in [0, 0.1) is 0 Å². The molecule has 0 unspecified atom stereocenters. The Balaban J connectivity index is 1.15. The van der Waals surface area contributed by atoms with Crippen LogP contribution in [-0.2, 0) is 0 Å². The Morgan fingerprint density at radius 2 is 0.662 bits per heavy atom. The summed E-state index contributed by atoms with van der Waals surface area (Å²) in [7, 11) is 0. The fourth-order valence-corrected chi connectivity index (χ4v) is 10.0. The molecule has 0 aliphatic rings. The molecule has 5 nitrogen and oxygen atoms in total. The molecule has 13 rings (SSSR count). The second kappa shape index (κ2) is 16.4. The van der Waals surface area contributed by atoms with E-state index >= 15 is 0 Å². The van der Waals surface area contributed by atoms with E-state index in [9.17, 15) is 0 Å². The van der Waals surface area contributed by atoms with Crippen molar-refractivity contribution in [1.29, 1.82) is 0 Å². The van der Waals surface area contributed by atoms with Gasteiger partial charge in [0, 0.05) is 38.4 Å². The van der Waals surface area contributed by atoms with Crippen molar-refractivity contribution in [3.05, 3.63) is 249 Å². The van der Waals surface area contributed by atoms with Crippen molar-refractivity contribution in [2.45, 2.75) is 0 Å². The summed E-state index contributed by atoms with van der Waals surface area (Å²) in [5, 5.41) is 4.53. The van der Waals surface area contributed by atoms with Crippen LogP contribution in [0.2, 0.25) is 0 Å². The van der Waals surface area contributed by atoms with Gasteiger partial charge in [-0.2, -0.15) is 9.97 Å². The molecule has 68 heavy (non-hydrogen) atoms. The van der Waals surface area contributed by atoms with E-state index in [1.807, 2.05) is 36.4 Å². The first kappa shape index (κ1) is 39.2. The lowest BCUT2D eigenvalue weighted by molar-refractivity contribution is 0.953. The molecular formula is C63H41N5. The molecule has 5 heteroatoms. The van der Waals surface area contributed by atoms with Crippen molar-refractivity contribution in [3.63, 3.8) is 0 Å². The largest absolute Gasteiger partial charge is 0.307 e. The van der Waals surface area contributed by atoms with E-state index in [1.165, 1.54) is 22.3 Å². The van der Waals surface area contributed by atoms with Gasteiger partial charge in [0.25, 0.3) is 0 Å². The Bertz CT molecular complexity index is 3950. The van der Waals surface area contributed by atoms with Crippen molar-refractivity contribution in [2.75, 3.05) is 0 Å². The molecule has 0 saturated heterocycles. The number of hydrogen-bond acceptors (Lipinski definition) is 3. The minimum absolute atomic E-state index is 0.553. The van der Waals surface area contributed by atoms with E-state index in [2.05, 4.69) is 221 Å². The molecule has 10 aromatic carbocycles. The lowest BCUT2D eigenvalue weighted by Crippen LogP contribution is -2.07. The van der Waals surface area contributed by atoms with Crippen molar-refractivity contribution < 1.29 is 0 Å². The van der Waals surface area contributed by atoms with Gasteiger partial charge >= 0.3 is 0 Å². The maximum Gasteiger partial charge on any atom is 0.238 e. The predicted molar refractivity (Wildman–Crippen MR) is 281 cm³/mol. The summed E-state index contributed by atoms with van der Waals surface area (Å²) in [4.78, 5) is 15.8. The highest BCUT2D eigenvalue weighted by molar-refractivity contribution is 6.23. The van der Waals surface area contributed by atoms with Crippen molar-refractivity contribution in [3.8, 4) is 78.9 Å². The Hall–Kier alpha value is -9.19. The van der Waals surface area contributed by atoms with Gasteiger partial charge in [0.2, 0.25) is 5.95 Å². The SMILES string of the molecule is c1ccc(-c2cccc(-c3cc(-c4ccccc4-c4ccccc4)cc(-n4c5ccccc5c5ccc6c7ccccc7n(-c7nc(-c8ccccc8)nc(-c8ccccc8)n7)c6c54)c3)c2)cc1. The molecule has 318 valence electrons. The summed E-state index contributed by atoms with van der Waals surface area (Å²) < 4.78 is 4.74. The number of hydrogen-bond donors (Lipinski definition) is 0. The number of aromatic nitrogens is 5. The first-order valence-corrected chi connectivity index (χ1v) is 23.0. The van der Waals surface area contributed by atoms with Crippen LogP contribution in [0.1, 0.15) is 0 Å². The van der Waals surface area contributed by atoms with Gasteiger partial charge in [-0.1, -0.05) is 212 Å². The number of benzene rings is 10. The highest BCUT2D eigenvalue weighted by Crippen LogP contribution is 2.44. The van der Waals surface area contributed by atoms with E-state index < -0.39 is 0 Å². The topological polar surface area (TPSA) is 48.5 Å². The average molecular weight is 868 g/mol. The molecule has 0 amide bonds. The molecule has 0 saturated carbocycles. The second-order valence-corrected chi connectivity index (χ2v) is 17.2. The standard InChI is InChI=1S/C63H41N5/c1-5-20-42(21-6-1)46-28-19-29-47(38-46)48-39-49(52-31-14-13-30-51(52)43-22-7-2-8-23-43)41-50(40-48)67-57-34-17-15-32-53(57)55-36-37-56-54-33-16-18-35-58(54)68(60(56)59(55)67)63-65-61(44-24-9-3-10-25-44)64-62(66-63)45-26-11-4-12-27-45/h1-41H. The maximum absolute atomic E-state index is 5.35. The fraction of sp³-hybridized carbons (Fsp3) is 0. The van der Waals surface area contributed by atoms with Gasteiger partial charge < -0.3 is 4.57 Å². The van der Waals surface area contributed by atoms with Gasteiger partial charge in [0.1, 0.15) is 0 Å². The molecule has 3 aromatic heterocycles. The zero-order valence-electron chi connectivity index (χ0n) is 36.9. The summed E-state index contributed by atoms with van der Waals surface area (Å²) >= 11 is 0. The van der Waals surface area contributed by atoms with Crippen LogP contribution < -0.4 is 0 Å². The average Bonchev–Trinajstić information content (AvgIpc) is 3.95. The quantitative estimate of drug-likeness (QED) is 0.153. The van der Waals surface area contributed by atoms with E-state index in [1.54, 1.807) is 0 Å². The van der Waals surface area contributed by atoms with Crippen molar-refractivity contribution in [1.82, 2.24) is 24.1 Å². The van der Waals surface area contributed by atoms with Crippen molar-refractivity contribution >= 4 is 43.6 Å². The molecule has 0 N–H and O–H groups in total. The normalized spacial score (nSPS) is 11.5. The number of fused-ring (bicyclic) bond motifs is 7.